The number of hydrogen-bond acceptors (Lipinski definition) is 4. The average Bonchev–Trinajstić information content (AvgIpc) is 3.24. The Morgan fingerprint density at radius 1 is 0.727 bits per heavy atom. The van der Waals surface area contributed by atoms with Crippen LogP contribution in [-0.4, -0.2) is 36.0 Å². The first-order valence-corrected chi connectivity index (χ1v) is 10.1. The van der Waals surface area contributed by atoms with Crippen molar-refractivity contribution in [1.82, 2.24) is 9.80 Å². The van der Waals surface area contributed by atoms with Crippen molar-refractivity contribution in [3.05, 3.63) is 44.8 Å². The zero-order chi connectivity index (χ0) is 15.9. The lowest BCUT2D eigenvalue weighted by Gasteiger charge is -2.40. The van der Waals surface area contributed by atoms with E-state index in [4.69, 9.17) is 0 Å². The van der Waals surface area contributed by atoms with Gasteiger partial charge in [0.1, 0.15) is 0 Å². The van der Waals surface area contributed by atoms with Gasteiger partial charge in [-0.25, -0.2) is 0 Å². The van der Waals surface area contributed by atoms with Crippen LogP contribution < -0.4 is 0 Å². The fourth-order valence-electron chi connectivity index (χ4n) is 3.22. The van der Waals surface area contributed by atoms with E-state index in [1.54, 1.807) is 0 Å². The summed E-state index contributed by atoms with van der Waals surface area (Å²) < 4.78 is 0. The molecule has 22 heavy (non-hydrogen) atoms. The second kappa shape index (κ2) is 8.82. The van der Waals surface area contributed by atoms with Crippen LogP contribution in [0.15, 0.2) is 35.0 Å². The van der Waals surface area contributed by atoms with Crippen molar-refractivity contribution in [2.75, 3.05) is 26.2 Å². The molecular weight excluding hydrogens is 308 g/mol. The van der Waals surface area contributed by atoms with Crippen LogP contribution in [0.2, 0.25) is 0 Å². The first kappa shape index (κ1) is 17.7. The first-order chi connectivity index (χ1) is 10.8. The third kappa shape index (κ3) is 3.80. The van der Waals surface area contributed by atoms with Gasteiger partial charge >= 0.3 is 0 Å². The Balaban J connectivity index is 2.47. The topological polar surface area (TPSA) is 6.48 Å². The maximum Gasteiger partial charge on any atom is 0.0647 e. The van der Waals surface area contributed by atoms with E-state index in [1.165, 1.54) is 9.75 Å². The zero-order valence-electron chi connectivity index (χ0n) is 14.2. The quantitative estimate of drug-likeness (QED) is 0.615. The van der Waals surface area contributed by atoms with Crippen molar-refractivity contribution in [2.24, 2.45) is 0 Å². The van der Waals surface area contributed by atoms with E-state index in [0.29, 0.717) is 12.1 Å². The van der Waals surface area contributed by atoms with Crippen LogP contribution in [0.4, 0.5) is 0 Å². The summed E-state index contributed by atoms with van der Waals surface area (Å²) in [4.78, 5) is 8.17. The number of nitrogens with zero attached hydrogens (tertiary/aromatic N) is 2. The van der Waals surface area contributed by atoms with Crippen LogP contribution >= 0.6 is 22.7 Å². The third-order valence-corrected chi connectivity index (χ3v) is 6.27. The van der Waals surface area contributed by atoms with E-state index in [1.807, 2.05) is 22.7 Å². The van der Waals surface area contributed by atoms with E-state index in [-0.39, 0.29) is 0 Å². The van der Waals surface area contributed by atoms with Crippen LogP contribution in [0.25, 0.3) is 0 Å². The van der Waals surface area contributed by atoms with Gasteiger partial charge in [-0.3, -0.25) is 9.80 Å². The highest BCUT2D eigenvalue weighted by atomic mass is 32.1. The van der Waals surface area contributed by atoms with Gasteiger partial charge < -0.3 is 0 Å². The Morgan fingerprint density at radius 3 is 1.32 bits per heavy atom. The number of rotatable bonds is 9. The molecule has 0 aromatic carbocycles. The Morgan fingerprint density at radius 2 is 1.09 bits per heavy atom. The van der Waals surface area contributed by atoms with Gasteiger partial charge in [0.05, 0.1) is 12.1 Å². The molecule has 2 heterocycles. The summed E-state index contributed by atoms with van der Waals surface area (Å²) in [6.45, 7) is 13.4. The second-order valence-electron chi connectivity index (χ2n) is 5.36. The molecule has 2 aromatic heterocycles. The lowest BCUT2D eigenvalue weighted by molar-refractivity contribution is 0.0931. The maximum atomic E-state index is 2.61. The predicted molar refractivity (Wildman–Crippen MR) is 100.0 cm³/mol. The van der Waals surface area contributed by atoms with Gasteiger partial charge in [-0.15, -0.1) is 22.7 Å². The molecule has 2 atom stereocenters. The summed E-state index contributed by atoms with van der Waals surface area (Å²) >= 11 is 3.78. The highest BCUT2D eigenvalue weighted by Crippen LogP contribution is 2.41. The number of likely N-dealkylation sites (N-methyl/N-ethyl adjacent to an activating group) is 2. The molecule has 0 radical (unpaired) electrons. The molecule has 0 aliphatic carbocycles. The largest absolute Gasteiger partial charge is 0.294 e. The van der Waals surface area contributed by atoms with Crippen molar-refractivity contribution in [2.45, 2.75) is 39.8 Å². The van der Waals surface area contributed by atoms with Gasteiger partial charge in [0.2, 0.25) is 0 Å². The zero-order valence-corrected chi connectivity index (χ0v) is 15.8. The van der Waals surface area contributed by atoms with E-state index in [9.17, 15) is 0 Å². The van der Waals surface area contributed by atoms with E-state index in [0.717, 1.165) is 26.2 Å². The van der Waals surface area contributed by atoms with Gasteiger partial charge in [-0.1, -0.05) is 39.8 Å². The van der Waals surface area contributed by atoms with E-state index < -0.39 is 0 Å². The summed E-state index contributed by atoms with van der Waals surface area (Å²) in [5.74, 6) is 0. The molecule has 0 amide bonds. The van der Waals surface area contributed by atoms with Crippen LogP contribution in [-0.2, 0) is 0 Å². The van der Waals surface area contributed by atoms with Crippen LogP contribution in [0.5, 0.6) is 0 Å². The number of hydrogen-bond donors (Lipinski definition) is 0. The molecular formula is C18H28N2S2. The highest BCUT2D eigenvalue weighted by molar-refractivity contribution is 7.10. The molecule has 0 aliphatic heterocycles. The summed E-state index contributed by atoms with van der Waals surface area (Å²) in [6.07, 6.45) is 0. The molecule has 4 heteroatoms. The molecule has 2 rings (SSSR count). The lowest BCUT2D eigenvalue weighted by atomic mass is 10.0. The smallest absolute Gasteiger partial charge is 0.0647 e. The molecule has 0 fully saturated rings. The van der Waals surface area contributed by atoms with Gasteiger partial charge in [0.25, 0.3) is 0 Å². The fraction of sp³-hybridized carbons (Fsp3) is 0.556. The lowest BCUT2D eigenvalue weighted by Crippen LogP contribution is -2.40. The van der Waals surface area contributed by atoms with Crippen LogP contribution in [0.3, 0.4) is 0 Å². The molecule has 0 unspecified atom stereocenters. The molecule has 0 bridgehead atoms. The van der Waals surface area contributed by atoms with Gasteiger partial charge in [-0.2, -0.15) is 0 Å². The van der Waals surface area contributed by atoms with Crippen molar-refractivity contribution >= 4 is 22.7 Å². The first-order valence-electron chi connectivity index (χ1n) is 8.31. The minimum absolute atomic E-state index is 0.438. The standard InChI is InChI=1S/C18H28N2S2/c1-5-19(6-2)17(15-11-9-13-21-15)18(20(7-3)8-4)16-12-10-14-22-16/h9-14,17-18H,5-8H2,1-4H3/t17-,18+. The maximum absolute atomic E-state index is 2.61. The summed E-state index contributed by atoms with van der Waals surface area (Å²) in [5, 5.41) is 4.42. The molecule has 2 aromatic rings. The normalized spacial score (nSPS) is 14.6. The monoisotopic (exact) mass is 336 g/mol. The molecule has 0 spiro atoms. The summed E-state index contributed by atoms with van der Waals surface area (Å²) in [7, 11) is 0. The molecule has 2 nitrogen and oxygen atoms in total. The molecule has 0 N–H and O–H groups in total. The van der Waals surface area contributed by atoms with Crippen LogP contribution in [0, 0.1) is 0 Å². The third-order valence-electron chi connectivity index (χ3n) is 4.38. The molecule has 0 saturated carbocycles. The van der Waals surface area contributed by atoms with Crippen molar-refractivity contribution in [3.63, 3.8) is 0 Å². The van der Waals surface area contributed by atoms with Gasteiger partial charge in [0, 0.05) is 9.75 Å². The van der Waals surface area contributed by atoms with E-state index >= 15 is 0 Å². The minimum Gasteiger partial charge on any atom is -0.294 e. The van der Waals surface area contributed by atoms with Crippen molar-refractivity contribution < 1.29 is 0 Å². The van der Waals surface area contributed by atoms with Crippen LogP contribution in [0.1, 0.15) is 49.5 Å². The second-order valence-corrected chi connectivity index (χ2v) is 7.32. The molecule has 0 aliphatic rings. The minimum atomic E-state index is 0.438. The Kier molecular flexibility index (Phi) is 7.09. The van der Waals surface area contributed by atoms with Crippen molar-refractivity contribution in [1.29, 1.82) is 0 Å². The molecule has 122 valence electrons. The average molecular weight is 337 g/mol. The SMILES string of the molecule is CCN(CC)[C@H](c1cccs1)[C@H](c1cccs1)N(CC)CC. The van der Waals surface area contributed by atoms with Gasteiger partial charge in [0.15, 0.2) is 0 Å². The number of thiophene rings is 2. The van der Waals surface area contributed by atoms with E-state index in [2.05, 4.69) is 72.5 Å². The Bertz CT molecular complexity index is 451. The summed E-state index contributed by atoms with van der Waals surface area (Å²) in [5.41, 5.74) is 0. The Labute approximate surface area is 143 Å². The molecule has 0 saturated heterocycles. The van der Waals surface area contributed by atoms with Gasteiger partial charge in [-0.05, 0) is 49.1 Å². The van der Waals surface area contributed by atoms with Crippen molar-refractivity contribution in [3.8, 4) is 0 Å². The Hall–Kier alpha value is -0.680. The fourth-order valence-corrected chi connectivity index (χ4v) is 5.00. The predicted octanol–water partition coefficient (Wildman–Crippen LogP) is 5.28. The highest BCUT2D eigenvalue weighted by Gasteiger charge is 2.33. The summed E-state index contributed by atoms with van der Waals surface area (Å²) in [6, 6.07) is 9.85.